The summed E-state index contributed by atoms with van der Waals surface area (Å²) in [4.78, 5) is 25.3. The van der Waals surface area contributed by atoms with Gasteiger partial charge >= 0.3 is 0 Å². The number of aliphatic hydroxyl groups excluding tert-OH is 6. The largest absolute Gasteiger partial charge is 0.394 e. The summed E-state index contributed by atoms with van der Waals surface area (Å²) in [6, 6.07) is -1.03. The summed E-state index contributed by atoms with van der Waals surface area (Å²) in [5.41, 5.74) is 0. The lowest BCUT2D eigenvalue weighted by Crippen LogP contribution is -2.60. The van der Waals surface area contributed by atoms with Crippen molar-refractivity contribution in [3.05, 3.63) is 0 Å². The summed E-state index contributed by atoms with van der Waals surface area (Å²) >= 11 is 0. The Morgan fingerprint density at radius 1 is 0.541 bits per heavy atom. The predicted octanol–water partition coefficient (Wildman–Crippen LogP) is 8.43. The molecule has 1 rings (SSSR count). The standard InChI is InChI=1S/C49H96N2O10/c1-3-5-7-9-11-13-15-17-18-20-22-24-27-31-35-43(54)50-37-33-29-25-28-32-36-44(55)51-40(39-60-49-48(59)47(58)46(57)42(38-52)61-49)45(56)41(53)34-30-26-23-21-19-16-14-12-10-8-6-4-2/h40-42,45-49,52-53,56-59H,3-39H2,1-2H3,(H,50,54)(H,51,55)/t40?,41?,42-,45?,46+,47+,48-,49+/m1/s1. The summed E-state index contributed by atoms with van der Waals surface area (Å²) in [7, 11) is 0. The van der Waals surface area contributed by atoms with E-state index in [1.165, 1.54) is 128 Å². The van der Waals surface area contributed by atoms with Gasteiger partial charge in [0, 0.05) is 19.4 Å². The van der Waals surface area contributed by atoms with Crippen molar-refractivity contribution in [3.63, 3.8) is 0 Å². The van der Waals surface area contributed by atoms with Gasteiger partial charge in [-0.1, -0.05) is 194 Å². The van der Waals surface area contributed by atoms with Crippen LogP contribution in [-0.4, -0.2) is 111 Å². The van der Waals surface area contributed by atoms with Crippen LogP contribution in [0.1, 0.15) is 232 Å². The molecule has 1 saturated heterocycles. The van der Waals surface area contributed by atoms with Crippen molar-refractivity contribution in [3.8, 4) is 0 Å². The molecule has 0 radical (unpaired) electrons. The second kappa shape index (κ2) is 40.2. The van der Waals surface area contributed by atoms with Gasteiger partial charge in [0.1, 0.15) is 30.5 Å². The molecule has 8 atom stereocenters. The third-order valence-electron chi connectivity index (χ3n) is 12.5. The number of nitrogens with one attached hydrogen (secondary N) is 2. The van der Waals surface area contributed by atoms with Crippen molar-refractivity contribution in [2.24, 2.45) is 0 Å². The Bertz CT molecular complexity index is 1010. The summed E-state index contributed by atoms with van der Waals surface area (Å²) in [6.07, 6.45) is 27.9. The predicted molar refractivity (Wildman–Crippen MR) is 245 cm³/mol. The first kappa shape index (κ1) is 57.6. The highest BCUT2D eigenvalue weighted by Crippen LogP contribution is 2.23. The van der Waals surface area contributed by atoms with E-state index in [4.69, 9.17) is 9.47 Å². The molecule has 61 heavy (non-hydrogen) atoms. The van der Waals surface area contributed by atoms with Crippen LogP contribution in [0.2, 0.25) is 0 Å². The molecule has 3 unspecified atom stereocenters. The molecule has 2 amide bonds. The molecule has 362 valence electrons. The molecule has 1 aliphatic rings. The van der Waals surface area contributed by atoms with Crippen molar-refractivity contribution < 1.29 is 49.7 Å². The van der Waals surface area contributed by atoms with Crippen LogP contribution in [0.3, 0.4) is 0 Å². The lowest BCUT2D eigenvalue weighted by molar-refractivity contribution is -0.303. The van der Waals surface area contributed by atoms with Crippen LogP contribution < -0.4 is 10.6 Å². The van der Waals surface area contributed by atoms with E-state index >= 15 is 0 Å². The molecule has 1 heterocycles. The lowest BCUT2D eigenvalue weighted by atomic mass is 9.98. The van der Waals surface area contributed by atoms with Gasteiger partial charge in [-0.15, -0.1) is 0 Å². The van der Waals surface area contributed by atoms with Gasteiger partial charge < -0.3 is 50.7 Å². The summed E-state index contributed by atoms with van der Waals surface area (Å²) in [6.45, 7) is 4.21. The molecule has 0 aromatic carbocycles. The van der Waals surface area contributed by atoms with Crippen molar-refractivity contribution in [2.45, 2.75) is 281 Å². The number of amides is 2. The van der Waals surface area contributed by atoms with E-state index in [-0.39, 0.29) is 24.8 Å². The molecule has 1 fully saturated rings. The maximum atomic E-state index is 13.0. The number of carbonyl (C=O) groups excluding carboxylic acids is 2. The third kappa shape index (κ3) is 30.4. The van der Waals surface area contributed by atoms with Gasteiger partial charge in [0.05, 0.1) is 25.4 Å². The fourth-order valence-electron chi connectivity index (χ4n) is 8.28. The van der Waals surface area contributed by atoms with Gasteiger partial charge in [0.25, 0.3) is 0 Å². The average Bonchev–Trinajstić information content (AvgIpc) is 3.25. The number of carbonyl (C=O) groups is 2. The zero-order valence-corrected chi connectivity index (χ0v) is 39.1. The van der Waals surface area contributed by atoms with E-state index in [0.717, 1.165) is 64.2 Å². The fourth-order valence-corrected chi connectivity index (χ4v) is 8.28. The molecule has 8 N–H and O–H groups in total. The molecule has 1 aliphatic heterocycles. The second-order valence-electron chi connectivity index (χ2n) is 18.2. The molecule has 12 nitrogen and oxygen atoms in total. The SMILES string of the molecule is CCCCCCCCCCCCCCCCC(=O)NCCCCCCCC(=O)NC(CO[C@H]1O[C@H](CO)[C@H](O)[C@H](O)[C@H]1O)C(O)C(O)CCCCCCCCCCCCCC. The Kier molecular flexibility index (Phi) is 37.9. The topological polar surface area (TPSA) is 198 Å². The smallest absolute Gasteiger partial charge is 0.220 e. The highest BCUT2D eigenvalue weighted by atomic mass is 16.7. The first-order valence-corrected chi connectivity index (χ1v) is 25.5. The van der Waals surface area contributed by atoms with Crippen LogP contribution in [0.4, 0.5) is 0 Å². The van der Waals surface area contributed by atoms with Crippen molar-refractivity contribution in [2.75, 3.05) is 19.8 Å². The Labute approximate surface area is 372 Å². The van der Waals surface area contributed by atoms with Crippen LogP contribution >= 0.6 is 0 Å². The number of rotatable bonds is 43. The first-order valence-electron chi connectivity index (χ1n) is 25.5. The van der Waals surface area contributed by atoms with Crippen molar-refractivity contribution >= 4 is 11.8 Å². The normalized spacial score (nSPS) is 20.7. The number of ether oxygens (including phenoxy) is 2. The molecule has 0 aliphatic carbocycles. The summed E-state index contributed by atoms with van der Waals surface area (Å²) < 4.78 is 11.1. The Morgan fingerprint density at radius 3 is 1.41 bits per heavy atom. The van der Waals surface area contributed by atoms with Crippen LogP contribution in [0.15, 0.2) is 0 Å². The van der Waals surface area contributed by atoms with Crippen LogP contribution in [0.25, 0.3) is 0 Å². The van der Waals surface area contributed by atoms with Gasteiger partial charge in [-0.05, 0) is 25.7 Å². The zero-order valence-electron chi connectivity index (χ0n) is 39.1. The monoisotopic (exact) mass is 873 g/mol. The Hall–Kier alpha value is -1.38. The summed E-state index contributed by atoms with van der Waals surface area (Å²) in [5.74, 6) is -0.183. The van der Waals surface area contributed by atoms with Gasteiger partial charge in [0.2, 0.25) is 11.8 Å². The molecule has 0 saturated carbocycles. The van der Waals surface area contributed by atoms with Crippen LogP contribution in [0, 0.1) is 0 Å². The highest BCUT2D eigenvalue weighted by molar-refractivity contribution is 5.76. The second-order valence-corrected chi connectivity index (χ2v) is 18.2. The molecule has 0 bridgehead atoms. The van der Waals surface area contributed by atoms with E-state index in [2.05, 4.69) is 24.5 Å². The highest BCUT2D eigenvalue weighted by Gasteiger charge is 2.44. The lowest BCUT2D eigenvalue weighted by Gasteiger charge is -2.40. The van der Waals surface area contributed by atoms with E-state index in [1.54, 1.807) is 0 Å². The maximum Gasteiger partial charge on any atom is 0.220 e. The van der Waals surface area contributed by atoms with E-state index in [0.29, 0.717) is 25.8 Å². The van der Waals surface area contributed by atoms with E-state index in [1.807, 2.05) is 0 Å². The number of hydrogen-bond donors (Lipinski definition) is 8. The van der Waals surface area contributed by atoms with Crippen molar-refractivity contribution in [1.82, 2.24) is 10.6 Å². The third-order valence-corrected chi connectivity index (χ3v) is 12.5. The average molecular weight is 873 g/mol. The van der Waals surface area contributed by atoms with Gasteiger partial charge in [0.15, 0.2) is 6.29 Å². The number of unbranched alkanes of at least 4 members (excludes halogenated alkanes) is 28. The number of aliphatic hydroxyl groups is 6. The molecule has 0 aromatic heterocycles. The van der Waals surface area contributed by atoms with Crippen LogP contribution in [-0.2, 0) is 19.1 Å². The van der Waals surface area contributed by atoms with Gasteiger partial charge in [-0.3, -0.25) is 9.59 Å². The Balaban J connectivity index is 2.31. The first-order chi connectivity index (χ1) is 29.7. The minimum Gasteiger partial charge on any atom is -0.394 e. The molecule has 0 spiro atoms. The van der Waals surface area contributed by atoms with E-state index < -0.39 is 55.6 Å². The maximum absolute atomic E-state index is 13.0. The molecular weight excluding hydrogens is 777 g/mol. The van der Waals surface area contributed by atoms with Crippen molar-refractivity contribution in [1.29, 1.82) is 0 Å². The van der Waals surface area contributed by atoms with Crippen LogP contribution in [0.5, 0.6) is 0 Å². The summed E-state index contributed by atoms with van der Waals surface area (Å²) in [5, 5.41) is 68.2. The fraction of sp³-hybridized carbons (Fsp3) is 0.959. The molecular formula is C49H96N2O10. The van der Waals surface area contributed by atoms with Gasteiger partial charge in [-0.2, -0.15) is 0 Å². The van der Waals surface area contributed by atoms with E-state index in [9.17, 15) is 40.2 Å². The zero-order chi connectivity index (χ0) is 44.8. The molecule has 0 aromatic rings. The minimum absolute atomic E-state index is 0.127. The number of hydrogen-bond acceptors (Lipinski definition) is 10. The van der Waals surface area contributed by atoms with Gasteiger partial charge in [-0.25, -0.2) is 0 Å². The quantitative estimate of drug-likeness (QED) is 0.0275. The minimum atomic E-state index is -1.63. The Morgan fingerprint density at radius 2 is 0.951 bits per heavy atom. The molecule has 12 heteroatoms.